The van der Waals surface area contributed by atoms with Gasteiger partial charge in [-0.15, -0.1) is 0 Å². The second kappa shape index (κ2) is 7.18. The number of carbonyl (C=O) groups excluding carboxylic acids is 1. The van der Waals surface area contributed by atoms with Crippen molar-refractivity contribution < 1.29 is 9.53 Å². The van der Waals surface area contributed by atoms with Crippen molar-refractivity contribution in [2.24, 2.45) is 0 Å². The average Bonchev–Trinajstić information content (AvgIpc) is 2.52. The highest BCUT2D eigenvalue weighted by Crippen LogP contribution is 2.12. The zero-order valence-electron chi connectivity index (χ0n) is 11.7. The van der Waals surface area contributed by atoms with Gasteiger partial charge in [-0.25, -0.2) is 9.67 Å². The highest BCUT2D eigenvalue weighted by atomic mass is 16.5. The Balaban J connectivity index is 1.85. The summed E-state index contributed by atoms with van der Waals surface area (Å²) in [4.78, 5) is 27.4. The molecule has 2 aromatic heterocycles. The van der Waals surface area contributed by atoms with Gasteiger partial charge in [0.2, 0.25) is 5.88 Å². The molecule has 0 spiro atoms. The summed E-state index contributed by atoms with van der Waals surface area (Å²) in [5.74, 6) is 0.0317. The van der Waals surface area contributed by atoms with E-state index in [1.165, 1.54) is 17.9 Å². The van der Waals surface area contributed by atoms with Gasteiger partial charge in [-0.3, -0.25) is 9.59 Å². The first-order valence-electron chi connectivity index (χ1n) is 6.51. The van der Waals surface area contributed by atoms with Gasteiger partial charge in [0.15, 0.2) is 0 Å². The predicted octanol–water partition coefficient (Wildman–Crippen LogP) is 0.467. The Kier molecular flexibility index (Phi) is 5.03. The predicted molar refractivity (Wildman–Crippen MR) is 76.2 cm³/mol. The van der Waals surface area contributed by atoms with E-state index in [9.17, 15) is 9.59 Å². The zero-order chi connectivity index (χ0) is 15.1. The van der Waals surface area contributed by atoms with Gasteiger partial charge in [0.25, 0.3) is 11.5 Å². The monoisotopic (exact) mass is 288 g/mol. The number of nitrogens with zero attached hydrogens (tertiary/aromatic N) is 3. The molecule has 21 heavy (non-hydrogen) atoms. The van der Waals surface area contributed by atoms with Crippen molar-refractivity contribution in [1.29, 1.82) is 0 Å². The van der Waals surface area contributed by atoms with Gasteiger partial charge in [0, 0.05) is 31.5 Å². The molecule has 0 atom stereocenters. The van der Waals surface area contributed by atoms with Crippen molar-refractivity contribution in [3.63, 3.8) is 0 Å². The van der Waals surface area contributed by atoms with E-state index < -0.39 is 0 Å². The Morgan fingerprint density at radius 3 is 2.90 bits per heavy atom. The third kappa shape index (κ3) is 3.88. The van der Waals surface area contributed by atoms with Gasteiger partial charge < -0.3 is 10.1 Å². The van der Waals surface area contributed by atoms with E-state index in [1.54, 1.807) is 30.6 Å². The number of aryl methyl sites for hydroxylation is 1. The molecule has 0 aliphatic carbocycles. The number of ether oxygens (including phenoxy) is 1. The topological polar surface area (TPSA) is 86.1 Å². The molecule has 0 fully saturated rings. The molecule has 110 valence electrons. The molecular formula is C14H16N4O3. The Morgan fingerprint density at radius 2 is 2.14 bits per heavy atom. The minimum atomic E-state index is -0.256. The number of aromatic nitrogens is 3. The lowest BCUT2D eigenvalue weighted by Crippen LogP contribution is -2.28. The van der Waals surface area contributed by atoms with Crippen LogP contribution in [0, 0.1) is 0 Å². The fourth-order valence-corrected chi connectivity index (χ4v) is 1.81. The number of methoxy groups -OCH3 is 1. The minimum absolute atomic E-state index is 0.155. The molecule has 0 saturated carbocycles. The summed E-state index contributed by atoms with van der Waals surface area (Å²) in [6, 6.07) is 6.36. The number of rotatable bonds is 6. The van der Waals surface area contributed by atoms with Crippen LogP contribution in [0.2, 0.25) is 0 Å². The van der Waals surface area contributed by atoms with Gasteiger partial charge in [-0.2, -0.15) is 5.10 Å². The van der Waals surface area contributed by atoms with Crippen molar-refractivity contribution in [3.8, 4) is 5.88 Å². The highest BCUT2D eigenvalue weighted by molar-refractivity contribution is 5.96. The quantitative estimate of drug-likeness (QED) is 0.781. The van der Waals surface area contributed by atoms with E-state index in [4.69, 9.17) is 4.74 Å². The van der Waals surface area contributed by atoms with Crippen molar-refractivity contribution in [2.75, 3.05) is 13.7 Å². The van der Waals surface area contributed by atoms with Crippen molar-refractivity contribution in [3.05, 3.63) is 52.6 Å². The van der Waals surface area contributed by atoms with E-state index in [2.05, 4.69) is 15.4 Å². The normalized spacial score (nSPS) is 10.1. The smallest absolute Gasteiger partial charge is 0.266 e. The Bertz CT molecular complexity index is 669. The first-order valence-corrected chi connectivity index (χ1v) is 6.51. The van der Waals surface area contributed by atoms with Crippen LogP contribution in [-0.2, 0) is 6.54 Å². The molecule has 0 aliphatic heterocycles. The molecule has 2 heterocycles. The summed E-state index contributed by atoms with van der Waals surface area (Å²) in [5, 5.41) is 6.70. The maximum absolute atomic E-state index is 12.0. The molecule has 0 aromatic carbocycles. The molecule has 0 unspecified atom stereocenters. The van der Waals surface area contributed by atoms with Gasteiger partial charge in [-0.1, -0.05) is 0 Å². The van der Waals surface area contributed by atoms with E-state index in [1.807, 2.05) is 0 Å². The first kappa shape index (κ1) is 14.7. The number of amides is 1. The Labute approximate surface area is 121 Å². The summed E-state index contributed by atoms with van der Waals surface area (Å²) < 4.78 is 6.39. The van der Waals surface area contributed by atoms with Crippen LogP contribution in [-0.4, -0.2) is 34.3 Å². The number of hydrogen-bond acceptors (Lipinski definition) is 5. The fraction of sp³-hybridized carbons (Fsp3) is 0.286. The van der Waals surface area contributed by atoms with E-state index >= 15 is 0 Å². The number of nitrogens with one attached hydrogen (secondary N) is 1. The lowest BCUT2D eigenvalue weighted by atomic mass is 10.2. The maximum Gasteiger partial charge on any atom is 0.266 e. The largest absolute Gasteiger partial charge is 0.480 e. The molecule has 7 nitrogen and oxygen atoms in total. The Hall–Kier alpha value is -2.70. The van der Waals surface area contributed by atoms with E-state index in [-0.39, 0.29) is 17.3 Å². The number of carbonyl (C=O) groups is 1. The lowest BCUT2D eigenvalue weighted by molar-refractivity contribution is 0.0948. The van der Waals surface area contributed by atoms with Gasteiger partial charge in [0.05, 0.1) is 7.11 Å². The van der Waals surface area contributed by atoms with Crippen molar-refractivity contribution in [2.45, 2.75) is 13.0 Å². The molecule has 0 aliphatic rings. The number of pyridine rings is 1. The van der Waals surface area contributed by atoms with E-state index in [0.29, 0.717) is 25.1 Å². The number of hydrogen-bond donors (Lipinski definition) is 1. The van der Waals surface area contributed by atoms with Crippen LogP contribution in [0.3, 0.4) is 0 Å². The summed E-state index contributed by atoms with van der Waals surface area (Å²) in [6.45, 7) is 0.879. The standard InChI is InChI=1S/C14H16N4O3/c1-21-14-11(5-2-7-16-14)13(20)15-8-4-10-18-12(19)6-3-9-17-18/h2-3,5-7,9H,4,8,10H2,1H3,(H,15,20). The molecular weight excluding hydrogens is 272 g/mol. The molecule has 2 aromatic rings. The van der Waals surface area contributed by atoms with Crippen LogP contribution in [0.1, 0.15) is 16.8 Å². The zero-order valence-corrected chi connectivity index (χ0v) is 11.7. The van der Waals surface area contributed by atoms with Crippen molar-refractivity contribution in [1.82, 2.24) is 20.1 Å². The van der Waals surface area contributed by atoms with Crippen LogP contribution in [0.4, 0.5) is 0 Å². The lowest BCUT2D eigenvalue weighted by Gasteiger charge is -2.08. The molecule has 0 radical (unpaired) electrons. The second-order valence-corrected chi connectivity index (χ2v) is 4.25. The fourth-order valence-electron chi connectivity index (χ4n) is 1.81. The van der Waals surface area contributed by atoms with Crippen LogP contribution in [0.25, 0.3) is 0 Å². The Morgan fingerprint density at radius 1 is 1.33 bits per heavy atom. The van der Waals surface area contributed by atoms with Crippen LogP contribution < -0.4 is 15.6 Å². The summed E-state index contributed by atoms with van der Waals surface area (Å²) >= 11 is 0. The first-order chi connectivity index (χ1) is 10.2. The van der Waals surface area contributed by atoms with Gasteiger partial charge in [-0.05, 0) is 24.6 Å². The second-order valence-electron chi connectivity index (χ2n) is 4.25. The highest BCUT2D eigenvalue weighted by Gasteiger charge is 2.11. The van der Waals surface area contributed by atoms with Crippen LogP contribution >= 0.6 is 0 Å². The molecule has 7 heteroatoms. The minimum Gasteiger partial charge on any atom is -0.480 e. The third-order valence-electron chi connectivity index (χ3n) is 2.83. The van der Waals surface area contributed by atoms with Crippen molar-refractivity contribution >= 4 is 5.91 Å². The van der Waals surface area contributed by atoms with Crippen LogP contribution in [0.15, 0.2) is 41.5 Å². The molecule has 1 amide bonds. The maximum atomic E-state index is 12.0. The summed E-state index contributed by atoms with van der Waals surface area (Å²) in [5.41, 5.74) is 0.229. The molecule has 0 bridgehead atoms. The third-order valence-corrected chi connectivity index (χ3v) is 2.83. The SMILES string of the molecule is COc1ncccc1C(=O)NCCCn1ncccc1=O. The van der Waals surface area contributed by atoms with Crippen LogP contribution in [0.5, 0.6) is 5.88 Å². The van der Waals surface area contributed by atoms with Gasteiger partial charge >= 0.3 is 0 Å². The average molecular weight is 288 g/mol. The van der Waals surface area contributed by atoms with Gasteiger partial charge in [0.1, 0.15) is 5.56 Å². The summed E-state index contributed by atoms with van der Waals surface area (Å²) in [6.07, 6.45) is 3.72. The summed E-state index contributed by atoms with van der Waals surface area (Å²) in [7, 11) is 1.46. The molecule has 1 N–H and O–H groups in total. The molecule has 2 rings (SSSR count). The molecule has 0 saturated heterocycles. The van der Waals surface area contributed by atoms with E-state index in [0.717, 1.165) is 0 Å².